The highest BCUT2D eigenvalue weighted by atomic mass is 79.9. The molecule has 4 aromatic rings. The lowest BCUT2D eigenvalue weighted by Gasteiger charge is -2.05. The number of nitrogens with zero attached hydrogens (tertiary/aromatic N) is 3. The molecule has 0 atom stereocenters. The van der Waals surface area contributed by atoms with Crippen LogP contribution in [0.3, 0.4) is 0 Å². The van der Waals surface area contributed by atoms with Crippen molar-refractivity contribution in [3.8, 4) is 0 Å². The predicted octanol–water partition coefficient (Wildman–Crippen LogP) is 4.43. The van der Waals surface area contributed by atoms with Crippen molar-refractivity contribution in [1.82, 2.24) is 14.0 Å². The Bertz CT molecular complexity index is 1050. The monoisotopic (exact) mass is 381 g/mol. The van der Waals surface area contributed by atoms with Gasteiger partial charge in [-0.3, -0.25) is 9.20 Å². The van der Waals surface area contributed by atoms with Gasteiger partial charge < -0.3 is 4.57 Å². The minimum atomic E-state index is 0.0274. The molecule has 4 rings (SSSR count). The van der Waals surface area contributed by atoms with Crippen LogP contribution in [0.5, 0.6) is 0 Å². The molecule has 4 nitrogen and oxygen atoms in total. The van der Waals surface area contributed by atoms with Crippen LogP contribution in [0.25, 0.3) is 16.8 Å². The Kier molecular flexibility index (Phi) is 3.73. The number of carbonyl (C=O) groups is 1. The molecule has 2 aromatic carbocycles. The minimum absolute atomic E-state index is 0.0274. The molecule has 0 amide bonds. The Hall–Kier alpha value is -2.40. The summed E-state index contributed by atoms with van der Waals surface area (Å²) in [5.74, 6) is 0.833. The molecule has 0 saturated heterocycles. The van der Waals surface area contributed by atoms with E-state index in [1.165, 1.54) is 5.56 Å². The van der Waals surface area contributed by atoms with Crippen LogP contribution >= 0.6 is 15.9 Å². The van der Waals surface area contributed by atoms with E-state index in [9.17, 15) is 4.79 Å². The number of imidazole rings is 2. The molecule has 2 heterocycles. The molecule has 0 N–H and O–H groups in total. The van der Waals surface area contributed by atoms with Crippen LogP contribution in [0.1, 0.15) is 28.7 Å². The summed E-state index contributed by atoms with van der Waals surface area (Å²) in [6.45, 7) is 2.31. The van der Waals surface area contributed by atoms with Gasteiger partial charge in [-0.1, -0.05) is 58.4 Å². The third kappa shape index (κ3) is 2.27. The first-order valence-corrected chi connectivity index (χ1v) is 8.92. The summed E-state index contributed by atoms with van der Waals surface area (Å²) in [7, 11) is 0. The first-order chi connectivity index (χ1) is 11.7. The van der Waals surface area contributed by atoms with Gasteiger partial charge in [0.2, 0.25) is 5.78 Å². The highest BCUT2D eigenvalue weighted by Crippen LogP contribution is 2.26. The van der Waals surface area contributed by atoms with Crippen molar-refractivity contribution in [3.63, 3.8) is 0 Å². The van der Waals surface area contributed by atoms with Crippen LogP contribution in [0.2, 0.25) is 0 Å². The zero-order valence-corrected chi connectivity index (χ0v) is 14.8. The van der Waals surface area contributed by atoms with Crippen LogP contribution in [0, 0.1) is 0 Å². The molecular weight excluding hydrogens is 366 g/mol. The number of rotatable bonds is 4. The molecule has 120 valence electrons. The number of fused-ring (bicyclic) bond motifs is 3. The van der Waals surface area contributed by atoms with Crippen LogP contribution in [0.4, 0.5) is 0 Å². The number of carbonyl (C=O) groups excluding carboxylic acids is 1. The fraction of sp³-hybridized carbons (Fsp3) is 0.158. The zero-order valence-electron chi connectivity index (χ0n) is 13.2. The zero-order chi connectivity index (χ0) is 16.7. The van der Waals surface area contributed by atoms with E-state index in [4.69, 9.17) is 4.98 Å². The maximum Gasteiger partial charge on any atom is 0.216 e. The normalized spacial score (nSPS) is 11.4. The SMILES string of the molecule is CC(=O)c1c(CBr)nc2n(Cc3ccccc3)c3ccccc3n12. The number of hydrogen-bond donors (Lipinski definition) is 0. The lowest BCUT2D eigenvalue weighted by Crippen LogP contribution is -2.01. The molecule has 0 radical (unpaired) electrons. The first kappa shape index (κ1) is 15.1. The molecule has 0 aliphatic carbocycles. The van der Waals surface area contributed by atoms with E-state index in [0.717, 1.165) is 22.5 Å². The summed E-state index contributed by atoms with van der Waals surface area (Å²) in [5, 5.41) is 0.559. The van der Waals surface area contributed by atoms with Crippen molar-refractivity contribution in [2.24, 2.45) is 0 Å². The quantitative estimate of drug-likeness (QED) is 0.387. The Balaban J connectivity index is 2.05. The van der Waals surface area contributed by atoms with Crippen molar-refractivity contribution >= 4 is 38.5 Å². The second-order valence-electron chi connectivity index (χ2n) is 5.79. The highest BCUT2D eigenvalue weighted by Gasteiger charge is 2.21. The fourth-order valence-corrected chi connectivity index (χ4v) is 3.62. The topological polar surface area (TPSA) is 39.3 Å². The van der Waals surface area contributed by atoms with Gasteiger partial charge in [0.25, 0.3) is 0 Å². The summed E-state index contributed by atoms with van der Waals surface area (Å²) < 4.78 is 4.15. The number of para-hydroxylation sites is 2. The van der Waals surface area contributed by atoms with Gasteiger partial charge in [0, 0.05) is 12.3 Å². The van der Waals surface area contributed by atoms with Crippen molar-refractivity contribution in [2.45, 2.75) is 18.8 Å². The number of hydrogen-bond acceptors (Lipinski definition) is 2. The Morgan fingerprint density at radius 1 is 1.04 bits per heavy atom. The number of aromatic nitrogens is 3. The average molecular weight is 382 g/mol. The van der Waals surface area contributed by atoms with Crippen molar-refractivity contribution in [3.05, 3.63) is 71.5 Å². The number of halogens is 1. The van der Waals surface area contributed by atoms with Gasteiger partial charge in [-0.15, -0.1) is 0 Å². The molecule has 5 heteroatoms. The largest absolute Gasteiger partial charge is 0.305 e. The van der Waals surface area contributed by atoms with Crippen LogP contribution in [0.15, 0.2) is 54.6 Å². The third-order valence-corrected chi connectivity index (χ3v) is 4.76. The van der Waals surface area contributed by atoms with E-state index in [-0.39, 0.29) is 5.78 Å². The minimum Gasteiger partial charge on any atom is -0.305 e. The van der Waals surface area contributed by atoms with Gasteiger partial charge in [-0.2, -0.15) is 0 Å². The van der Waals surface area contributed by atoms with Crippen molar-refractivity contribution in [1.29, 1.82) is 0 Å². The van der Waals surface area contributed by atoms with Crippen molar-refractivity contribution in [2.75, 3.05) is 0 Å². The van der Waals surface area contributed by atoms with E-state index in [1.807, 2.05) is 40.8 Å². The molecule has 0 bridgehead atoms. The van der Waals surface area contributed by atoms with Crippen molar-refractivity contribution < 1.29 is 4.79 Å². The molecule has 0 saturated carbocycles. The molecule has 0 fully saturated rings. The van der Waals surface area contributed by atoms with E-state index in [2.05, 4.69) is 38.7 Å². The number of Topliss-reactive ketones (excluding diaryl/α,β-unsaturated/α-hetero) is 1. The highest BCUT2D eigenvalue weighted by molar-refractivity contribution is 9.08. The standard InChI is InChI=1S/C19H16BrN3O/c1-13(24)18-15(11-20)21-19-22(12-14-7-3-2-4-8-14)16-9-5-6-10-17(16)23(18)19/h2-10H,11-12H2,1H3. The molecule has 0 unspecified atom stereocenters. The van der Waals surface area contributed by atoms with Gasteiger partial charge >= 0.3 is 0 Å². The van der Waals surface area contributed by atoms with Gasteiger partial charge in [-0.25, -0.2) is 4.98 Å². The summed E-state index contributed by atoms with van der Waals surface area (Å²) in [5.41, 5.74) is 4.73. The second kappa shape index (κ2) is 5.91. The van der Waals surface area contributed by atoms with E-state index < -0.39 is 0 Å². The maximum absolute atomic E-state index is 12.2. The number of alkyl halides is 1. The van der Waals surface area contributed by atoms with Crippen LogP contribution < -0.4 is 0 Å². The number of benzene rings is 2. The summed E-state index contributed by atoms with van der Waals surface area (Å²) >= 11 is 3.46. The molecule has 0 aliphatic rings. The Morgan fingerprint density at radius 3 is 2.38 bits per heavy atom. The van der Waals surface area contributed by atoms with E-state index in [0.29, 0.717) is 17.6 Å². The van der Waals surface area contributed by atoms with E-state index >= 15 is 0 Å². The van der Waals surface area contributed by atoms with Gasteiger partial charge in [0.05, 0.1) is 23.3 Å². The van der Waals surface area contributed by atoms with E-state index in [1.54, 1.807) is 6.92 Å². The lowest BCUT2D eigenvalue weighted by atomic mass is 10.2. The van der Waals surface area contributed by atoms with Gasteiger partial charge in [0.1, 0.15) is 5.69 Å². The molecule has 24 heavy (non-hydrogen) atoms. The lowest BCUT2D eigenvalue weighted by molar-refractivity contribution is 0.101. The Labute approximate surface area is 147 Å². The molecular formula is C19H16BrN3O. The summed E-state index contributed by atoms with van der Waals surface area (Å²) in [6, 6.07) is 18.4. The third-order valence-electron chi connectivity index (χ3n) is 4.23. The van der Waals surface area contributed by atoms with Crippen LogP contribution in [-0.2, 0) is 11.9 Å². The maximum atomic E-state index is 12.2. The first-order valence-electron chi connectivity index (χ1n) is 7.80. The summed E-state index contributed by atoms with van der Waals surface area (Å²) in [6.07, 6.45) is 0. The molecule has 0 aliphatic heterocycles. The molecule has 0 spiro atoms. The smallest absolute Gasteiger partial charge is 0.216 e. The predicted molar refractivity (Wildman–Crippen MR) is 98.9 cm³/mol. The molecule has 2 aromatic heterocycles. The average Bonchev–Trinajstić information content (AvgIpc) is 3.12. The Morgan fingerprint density at radius 2 is 1.71 bits per heavy atom. The number of ketones is 1. The van der Waals surface area contributed by atoms with Gasteiger partial charge in [0.15, 0.2) is 5.78 Å². The summed E-state index contributed by atoms with van der Waals surface area (Å²) in [4.78, 5) is 17.0. The fourth-order valence-electron chi connectivity index (χ4n) is 3.23. The van der Waals surface area contributed by atoms with Crippen LogP contribution in [-0.4, -0.2) is 19.7 Å². The van der Waals surface area contributed by atoms with Gasteiger partial charge in [-0.05, 0) is 17.7 Å². The second-order valence-corrected chi connectivity index (χ2v) is 6.35.